The van der Waals surface area contributed by atoms with E-state index in [0.29, 0.717) is 5.92 Å². The molecule has 1 aliphatic rings. The lowest BCUT2D eigenvalue weighted by Gasteiger charge is -2.32. The number of hydrogen-bond donors (Lipinski definition) is 0. The Kier molecular flexibility index (Phi) is 5.76. The van der Waals surface area contributed by atoms with Crippen molar-refractivity contribution in [2.75, 3.05) is 19.6 Å². The maximum Gasteiger partial charge on any atom is 0.126 e. The molecule has 3 rings (SSSR count). The van der Waals surface area contributed by atoms with Gasteiger partial charge < -0.3 is 4.90 Å². The first-order chi connectivity index (χ1) is 11.3. The van der Waals surface area contributed by atoms with Crippen LogP contribution in [0.15, 0.2) is 48.7 Å². The van der Waals surface area contributed by atoms with E-state index in [2.05, 4.69) is 22.0 Å². The topological polar surface area (TPSA) is 16.1 Å². The summed E-state index contributed by atoms with van der Waals surface area (Å²) >= 11 is 0. The molecule has 23 heavy (non-hydrogen) atoms. The second-order valence-electron chi connectivity index (χ2n) is 6.51. The highest BCUT2D eigenvalue weighted by molar-refractivity contribution is 5.17. The SMILES string of the molecule is Fc1ccccc1CC[C@H]1CCCN(CCc2ccccn2)C1. The maximum atomic E-state index is 13.7. The molecule has 2 nitrogen and oxygen atoms in total. The molecule has 0 unspecified atom stereocenters. The first-order valence-electron chi connectivity index (χ1n) is 8.67. The van der Waals surface area contributed by atoms with Crippen LogP contribution < -0.4 is 0 Å². The van der Waals surface area contributed by atoms with Gasteiger partial charge in [0, 0.05) is 31.4 Å². The van der Waals surface area contributed by atoms with Crippen molar-refractivity contribution in [3.05, 3.63) is 65.7 Å². The first-order valence-corrected chi connectivity index (χ1v) is 8.67. The summed E-state index contributed by atoms with van der Waals surface area (Å²) in [5.74, 6) is 0.627. The summed E-state index contributed by atoms with van der Waals surface area (Å²) in [5, 5.41) is 0. The second-order valence-corrected chi connectivity index (χ2v) is 6.51. The van der Waals surface area contributed by atoms with Crippen LogP contribution in [-0.2, 0) is 12.8 Å². The molecule has 1 aromatic carbocycles. The summed E-state index contributed by atoms with van der Waals surface area (Å²) in [4.78, 5) is 6.95. The molecule has 1 atom stereocenters. The number of piperidine rings is 1. The molecular weight excluding hydrogens is 287 g/mol. The van der Waals surface area contributed by atoms with E-state index >= 15 is 0 Å². The largest absolute Gasteiger partial charge is 0.303 e. The standard InChI is InChI=1S/C20H25FN2/c21-20-9-2-1-7-18(20)11-10-17-6-5-14-23(16-17)15-12-19-8-3-4-13-22-19/h1-4,7-9,13,17H,5-6,10-12,14-16H2/t17-/m1/s1. The highest BCUT2D eigenvalue weighted by atomic mass is 19.1. The van der Waals surface area contributed by atoms with Crippen molar-refractivity contribution in [1.82, 2.24) is 9.88 Å². The fourth-order valence-corrected chi connectivity index (χ4v) is 3.47. The number of likely N-dealkylation sites (tertiary alicyclic amines) is 1. The predicted molar refractivity (Wildman–Crippen MR) is 91.8 cm³/mol. The van der Waals surface area contributed by atoms with Gasteiger partial charge in [-0.3, -0.25) is 4.98 Å². The van der Waals surface area contributed by atoms with Crippen molar-refractivity contribution in [1.29, 1.82) is 0 Å². The van der Waals surface area contributed by atoms with Crippen molar-refractivity contribution < 1.29 is 4.39 Å². The zero-order chi connectivity index (χ0) is 15.9. The van der Waals surface area contributed by atoms with Gasteiger partial charge in [-0.25, -0.2) is 4.39 Å². The molecule has 1 aromatic heterocycles. The molecule has 0 amide bonds. The lowest BCUT2D eigenvalue weighted by molar-refractivity contribution is 0.170. The van der Waals surface area contributed by atoms with Crippen molar-refractivity contribution >= 4 is 0 Å². The molecule has 0 radical (unpaired) electrons. The highest BCUT2D eigenvalue weighted by Crippen LogP contribution is 2.22. The summed E-state index contributed by atoms with van der Waals surface area (Å²) in [7, 11) is 0. The number of pyridine rings is 1. The minimum absolute atomic E-state index is 0.0599. The van der Waals surface area contributed by atoms with Crippen LogP contribution in [0.1, 0.15) is 30.5 Å². The van der Waals surface area contributed by atoms with E-state index in [4.69, 9.17) is 0 Å². The van der Waals surface area contributed by atoms with Gasteiger partial charge in [0.1, 0.15) is 5.82 Å². The van der Waals surface area contributed by atoms with E-state index in [1.807, 2.05) is 24.4 Å². The van der Waals surface area contributed by atoms with E-state index in [1.54, 1.807) is 12.1 Å². The summed E-state index contributed by atoms with van der Waals surface area (Å²) in [6, 6.07) is 13.3. The van der Waals surface area contributed by atoms with Gasteiger partial charge in [-0.15, -0.1) is 0 Å². The number of rotatable bonds is 6. The van der Waals surface area contributed by atoms with Crippen molar-refractivity contribution in [3.8, 4) is 0 Å². The quantitative estimate of drug-likeness (QED) is 0.798. The number of nitrogens with zero attached hydrogens (tertiary/aromatic N) is 2. The van der Waals surface area contributed by atoms with Crippen molar-refractivity contribution in [2.24, 2.45) is 5.92 Å². The monoisotopic (exact) mass is 312 g/mol. The van der Waals surface area contributed by atoms with E-state index < -0.39 is 0 Å². The van der Waals surface area contributed by atoms with Gasteiger partial charge in [0.05, 0.1) is 0 Å². The molecule has 0 N–H and O–H groups in total. The number of hydrogen-bond acceptors (Lipinski definition) is 2. The van der Waals surface area contributed by atoms with E-state index in [-0.39, 0.29) is 5.82 Å². The van der Waals surface area contributed by atoms with Crippen molar-refractivity contribution in [2.45, 2.75) is 32.1 Å². The van der Waals surface area contributed by atoms with E-state index in [9.17, 15) is 4.39 Å². The molecule has 122 valence electrons. The number of benzene rings is 1. The molecule has 2 heterocycles. The van der Waals surface area contributed by atoms with Crippen LogP contribution in [0.4, 0.5) is 4.39 Å². The molecule has 0 saturated carbocycles. The van der Waals surface area contributed by atoms with Gasteiger partial charge in [0.15, 0.2) is 0 Å². The van der Waals surface area contributed by atoms with Crippen LogP contribution in [0.5, 0.6) is 0 Å². The lowest BCUT2D eigenvalue weighted by Crippen LogP contribution is -2.37. The number of halogens is 1. The Balaban J connectivity index is 1.45. The smallest absolute Gasteiger partial charge is 0.126 e. The maximum absolute atomic E-state index is 13.7. The number of aromatic nitrogens is 1. The Morgan fingerprint density at radius 1 is 1.09 bits per heavy atom. The lowest BCUT2D eigenvalue weighted by atomic mass is 9.91. The minimum atomic E-state index is -0.0599. The molecule has 1 fully saturated rings. The van der Waals surface area contributed by atoms with Crippen molar-refractivity contribution in [3.63, 3.8) is 0 Å². The molecule has 1 aliphatic heterocycles. The summed E-state index contributed by atoms with van der Waals surface area (Å²) in [6.07, 6.45) is 7.34. The Labute approximate surface area is 138 Å². The molecule has 0 aliphatic carbocycles. The third kappa shape index (κ3) is 4.87. The fourth-order valence-electron chi connectivity index (χ4n) is 3.47. The van der Waals surface area contributed by atoms with Gasteiger partial charge in [-0.05, 0) is 61.9 Å². The summed E-state index contributed by atoms with van der Waals surface area (Å²) in [5.41, 5.74) is 2.03. The van der Waals surface area contributed by atoms with Gasteiger partial charge in [0.2, 0.25) is 0 Å². The van der Waals surface area contributed by atoms with Crippen LogP contribution in [0, 0.1) is 11.7 Å². The van der Waals surface area contributed by atoms with E-state index in [1.165, 1.54) is 25.1 Å². The Morgan fingerprint density at radius 2 is 1.96 bits per heavy atom. The zero-order valence-electron chi connectivity index (χ0n) is 13.6. The van der Waals surface area contributed by atoms with Crippen LogP contribution >= 0.6 is 0 Å². The zero-order valence-corrected chi connectivity index (χ0v) is 13.6. The predicted octanol–water partition coefficient (Wildman–Crippen LogP) is 4.11. The highest BCUT2D eigenvalue weighted by Gasteiger charge is 2.19. The summed E-state index contributed by atoms with van der Waals surface area (Å²) in [6.45, 7) is 3.40. The van der Waals surface area contributed by atoms with Crippen LogP contribution in [0.3, 0.4) is 0 Å². The average molecular weight is 312 g/mol. The Hall–Kier alpha value is -1.74. The van der Waals surface area contributed by atoms with Crippen LogP contribution in [0.25, 0.3) is 0 Å². The third-order valence-corrected chi connectivity index (χ3v) is 4.79. The van der Waals surface area contributed by atoms with Gasteiger partial charge in [0.25, 0.3) is 0 Å². The minimum Gasteiger partial charge on any atom is -0.303 e. The first kappa shape index (κ1) is 16.1. The fraction of sp³-hybridized carbons (Fsp3) is 0.450. The normalized spacial score (nSPS) is 18.9. The van der Waals surface area contributed by atoms with E-state index in [0.717, 1.165) is 37.9 Å². The van der Waals surface area contributed by atoms with Gasteiger partial charge >= 0.3 is 0 Å². The van der Waals surface area contributed by atoms with Crippen LogP contribution in [-0.4, -0.2) is 29.5 Å². The average Bonchev–Trinajstić information content (AvgIpc) is 2.61. The molecule has 0 bridgehead atoms. The number of aryl methyl sites for hydroxylation is 1. The third-order valence-electron chi connectivity index (χ3n) is 4.79. The molecule has 0 spiro atoms. The Morgan fingerprint density at radius 3 is 2.78 bits per heavy atom. The summed E-state index contributed by atoms with van der Waals surface area (Å²) < 4.78 is 13.7. The molecule has 3 heteroatoms. The van der Waals surface area contributed by atoms with Crippen LogP contribution in [0.2, 0.25) is 0 Å². The molecular formula is C20H25FN2. The molecule has 2 aromatic rings. The van der Waals surface area contributed by atoms with Gasteiger partial charge in [-0.1, -0.05) is 24.3 Å². The van der Waals surface area contributed by atoms with Gasteiger partial charge in [-0.2, -0.15) is 0 Å². The Bertz CT molecular complexity index is 600. The molecule has 1 saturated heterocycles. The second kappa shape index (κ2) is 8.21.